The Bertz CT molecular complexity index is 924. The van der Waals surface area contributed by atoms with Gasteiger partial charge in [-0.15, -0.1) is 0 Å². The van der Waals surface area contributed by atoms with Crippen LogP contribution in [0.4, 0.5) is 5.69 Å². The number of guanidine groups is 1. The van der Waals surface area contributed by atoms with Crippen LogP contribution in [0, 0.1) is 6.92 Å². The summed E-state index contributed by atoms with van der Waals surface area (Å²) < 4.78 is 0. The van der Waals surface area contributed by atoms with E-state index in [0.717, 1.165) is 36.3 Å². The van der Waals surface area contributed by atoms with Crippen LogP contribution < -0.4 is 20.9 Å². The summed E-state index contributed by atoms with van der Waals surface area (Å²) in [6.07, 6.45) is 1.56. The first-order chi connectivity index (χ1) is 15.1. The molecule has 0 atom stereocenters. The van der Waals surface area contributed by atoms with Gasteiger partial charge in [0, 0.05) is 43.9 Å². The molecule has 3 rings (SSSR count). The van der Waals surface area contributed by atoms with Crippen molar-refractivity contribution in [3.63, 3.8) is 0 Å². The highest BCUT2D eigenvalue weighted by Gasteiger charge is 2.21. The zero-order valence-corrected chi connectivity index (χ0v) is 18.3. The molecule has 164 valence electrons. The van der Waals surface area contributed by atoms with Gasteiger partial charge in [-0.05, 0) is 50.1 Å². The van der Waals surface area contributed by atoms with E-state index in [2.05, 4.69) is 20.9 Å². The Balaban J connectivity index is 1.47. The number of aliphatic imine (C=N–C) groups is 1. The predicted octanol–water partition coefficient (Wildman–Crippen LogP) is 2.61. The molecule has 0 aromatic heterocycles. The fourth-order valence-electron chi connectivity index (χ4n) is 3.46. The van der Waals surface area contributed by atoms with Gasteiger partial charge in [0.05, 0.1) is 6.54 Å². The van der Waals surface area contributed by atoms with E-state index in [0.29, 0.717) is 37.6 Å². The van der Waals surface area contributed by atoms with Crippen molar-refractivity contribution in [3.05, 3.63) is 65.2 Å². The lowest BCUT2D eigenvalue weighted by Gasteiger charge is -2.16. The molecule has 0 radical (unpaired) electrons. The normalized spacial score (nSPS) is 13.9. The Hall–Kier alpha value is -3.35. The molecule has 1 heterocycles. The Morgan fingerprint density at radius 2 is 1.84 bits per heavy atom. The smallest absolute Gasteiger partial charge is 0.251 e. The highest BCUT2D eigenvalue weighted by Crippen LogP contribution is 2.21. The average molecular weight is 422 g/mol. The summed E-state index contributed by atoms with van der Waals surface area (Å²) in [6, 6.07) is 15.5. The van der Waals surface area contributed by atoms with Gasteiger partial charge in [-0.1, -0.05) is 29.8 Å². The van der Waals surface area contributed by atoms with Gasteiger partial charge in [-0.3, -0.25) is 9.59 Å². The SMILES string of the molecule is CCNC(=NCc1ccc(N2CCCC2=O)cc1)NCCNC(=O)c1cccc(C)c1. The molecule has 1 aliphatic heterocycles. The number of amides is 2. The van der Waals surface area contributed by atoms with E-state index in [9.17, 15) is 9.59 Å². The van der Waals surface area contributed by atoms with Gasteiger partial charge >= 0.3 is 0 Å². The van der Waals surface area contributed by atoms with E-state index >= 15 is 0 Å². The van der Waals surface area contributed by atoms with Crippen molar-refractivity contribution in [2.45, 2.75) is 33.2 Å². The lowest BCUT2D eigenvalue weighted by Crippen LogP contribution is -2.41. The van der Waals surface area contributed by atoms with Crippen LogP contribution in [0.5, 0.6) is 0 Å². The Labute approximate surface area is 183 Å². The number of hydrogen-bond acceptors (Lipinski definition) is 3. The Morgan fingerprint density at radius 3 is 2.52 bits per heavy atom. The third-order valence-electron chi connectivity index (χ3n) is 5.07. The topological polar surface area (TPSA) is 85.8 Å². The molecule has 1 aliphatic rings. The van der Waals surface area contributed by atoms with Gasteiger partial charge in [0.25, 0.3) is 5.91 Å². The van der Waals surface area contributed by atoms with Crippen LogP contribution in [-0.4, -0.2) is 44.0 Å². The summed E-state index contributed by atoms with van der Waals surface area (Å²) in [5.74, 6) is 0.814. The van der Waals surface area contributed by atoms with Crippen LogP contribution in [0.2, 0.25) is 0 Å². The zero-order valence-electron chi connectivity index (χ0n) is 18.3. The van der Waals surface area contributed by atoms with E-state index in [1.807, 2.05) is 67.3 Å². The van der Waals surface area contributed by atoms with Crippen molar-refractivity contribution in [1.29, 1.82) is 0 Å². The van der Waals surface area contributed by atoms with E-state index in [1.165, 1.54) is 0 Å². The molecule has 31 heavy (non-hydrogen) atoms. The lowest BCUT2D eigenvalue weighted by atomic mass is 10.1. The summed E-state index contributed by atoms with van der Waals surface area (Å²) >= 11 is 0. The van der Waals surface area contributed by atoms with E-state index in [-0.39, 0.29) is 11.8 Å². The maximum atomic E-state index is 12.2. The summed E-state index contributed by atoms with van der Waals surface area (Å²) in [5, 5.41) is 9.38. The third-order valence-corrected chi connectivity index (χ3v) is 5.07. The highest BCUT2D eigenvalue weighted by atomic mass is 16.2. The van der Waals surface area contributed by atoms with E-state index < -0.39 is 0 Å². The molecule has 1 fully saturated rings. The van der Waals surface area contributed by atoms with Crippen molar-refractivity contribution < 1.29 is 9.59 Å². The maximum absolute atomic E-state index is 12.2. The van der Waals surface area contributed by atoms with Crippen LogP contribution in [-0.2, 0) is 11.3 Å². The van der Waals surface area contributed by atoms with E-state index in [4.69, 9.17) is 0 Å². The van der Waals surface area contributed by atoms with Gasteiger partial charge in [0.2, 0.25) is 5.91 Å². The molecule has 0 bridgehead atoms. The maximum Gasteiger partial charge on any atom is 0.251 e. The van der Waals surface area contributed by atoms with Crippen LogP contribution in [0.3, 0.4) is 0 Å². The van der Waals surface area contributed by atoms with Crippen LogP contribution >= 0.6 is 0 Å². The molecule has 7 nitrogen and oxygen atoms in total. The largest absolute Gasteiger partial charge is 0.357 e. The first kappa shape index (κ1) is 22.3. The van der Waals surface area contributed by atoms with Crippen LogP contribution in [0.1, 0.15) is 41.3 Å². The molecule has 0 aliphatic carbocycles. The number of carbonyl (C=O) groups is 2. The summed E-state index contributed by atoms with van der Waals surface area (Å²) in [5.41, 5.74) is 3.75. The van der Waals surface area contributed by atoms with Crippen molar-refractivity contribution >= 4 is 23.5 Å². The minimum Gasteiger partial charge on any atom is -0.357 e. The van der Waals surface area contributed by atoms with Crippen molar-refractivity contribution in [2.75, 3.05) is 31.1 Å². The fraction of sp³-hybridized carbons (Fsp3) is 0.375. The van der Waals surface area contributed by atoms with Crippen LogP contribution in [0.15, 0.2) is 53.5 Å². The molecule has 2 aromatic rings. The van der Waals surface area contributed by atoms with E-state index in [1.54, 1.807) is 0 Å². The van der Waals surface area contributed by atoms with Gasteiger partial charge < -0.3 is 20.9 Å². The predicted molar refractivity (Wildman–Crippen MR) is 124 cm³/mol. The quantitative estimate of drug-likeness (QED) is 0.347. The second kappa shape index (κ2) is 11.2. The molecular weight excluding hydrogens is 390 g/mol. The number of benzene rings is 2. The minimum absolute atomic E-state index is 0.0796. The number of nitrogens with zero attached hydrogens (tertiary/aromatic N) is 2. The Kier molecular flexibility index (Phi) is 8.04. The summed E-state index contributed by atoms with van der Waals surface area (Å²) in [7, 11) is 0. The zero-order chi connectivity index (χ0) is 22.1. The van der Waals surface area contributed by atoms with Gasteiger partial charge in [0.15, 0.2) is 5.96 Å². The molecule has 0 spiro atoms. The number of rotatable bonds is 8. The molecule has 2 amide bonds. The van der Waals surface area contributed by atoms with Gasteiger partial charge in [-0.25, -0.2) is 4.99 Å². The fourth-order valence-corrected chi connectivity index (χ4v) is 3.46. The standard InChI is InChI=1S/C24H31N5O2/c1-3-25-24(27-14-13-26-23(31)20-7-4-6-18(2)16-20)28-17-19-9-11-21(12-10-19)29-15-5-8-22(29)30/h4,6-7,9-12,16H,3,5,8,13-15,17H2,1-2H3,(H,26,31)(H2,25,27,28). The van der Waals surface area contributed by atoms with Gasteiger partial charge in [0.1, 0.15) is 0 Å². The lowest BCUT2D eigenvalue weighted by molar-refractivity contribution is -0.117. The number of aryl methyl sites for hydroxylation is 1. The van der Waals surface area contributed by atoms with Crippen molar-refractivity contribution in [3.8, 4) is 0 Å². The third kappa shape index (κ3) is 6.57. The summed E-state index contributed by atoms with van der Waals surface area (Å²) in [4.78, 5) is 30.5. The number of nitrogens with one attached hydrogen (secondary N) is 3. The highest BCUT2D eigenvalue weighted by molar-refractivity contribution is 5.95. The van der Waals surface area contributed by atoms with Crippen molar-refractivity contribution in [2.24, 2.45) is 4.99 Å². The molecule has 3 N–H and O–H groups in total. The van der Waals surface area contributed by atoms with Gasteiger partial charge in [-0.2, -0.15) is 0 Å². The second-order valence-corrected chi connectivity index (χ2v) is 7.56. The molecule has 0 unspecified atom stereocenters. The Morgan fingerprint density at radius 1 is 1.06 bits per heavy atom. The number of carbonyl (C=O) groups excluding carboxylic acids is 2. The van der Waals surface area contributed by atoms with Crippen molar-refractivity contribution in [1.82, 2.24) is 16.0 Å². The first-order valence-corrected chi connectivity index (χ1v) is 10.8. The molecule has 2 aromatic carbocycles. The first-order valence-electron chi connectivity index (χ1n) is 10.8. The number of anilines is 1. The minimum atomic E-state index is -0.0796. The average Bonchev–Trinajstić information content (AvgIpc) is 3.21. The monoisotopic (exact) mass is 421 g/mol. The summed E-state index contributed by atoms with van der Waals surface area (Å²) in [6.45, 7) is 7.12. The molecular formula is C24H31N5O2. The number of hydrogen-bond donors (Lipinski definition) is 3. The second-order valence-electron chi connectivity index (χ2n) is 7.56. The molecule has 0 saturated carbocycles. The molecule has 1 saturated heterocycles. The van der Waals surface area contributed by atoms with Crippen LogP contribution in [0.25, 0.3) is 0 Å². The molecule has 7 heteroatoms.